The average molecular weight is 1380 g/mol. The molecule has 19 rings (SSSR count). The fourth-order valence-corrected chi connectivity index (χ4v) is 16.4. The first-order valence-electron chi connectivity index (χ1n) is 43.1. The molecular weight excluding hydrogens is 1280 g/mol. The van der Waals surface area contributed by atoms with Gasteiger partial charge in [-0.15, -0.1) is 0 Å². The lowest BCUT2D eigenvalue weighted by Gasteiger charge is -2.45. The van der Waals surface area contributed by atoms with Crippen LogP contribution in [0.3, 0.4) is 0 Å². The van der Waals surface area contributed by atoms with Crippen molar-refractivity contribution in [3.05, 3.63) is 319 Å². The molecule has 14 aromatic carbocycles. The number of nitrogens with zero attached hydrogens (tertiary/aromatic N) is 4. The molecule has 2 aliphatic heterocycles. The molecule has 0 radical (unpaired) electrons. The number of furan rings is 1. The molecule has 0 saturated carbocycles. The van der Waals surface area contributed by atoms with E-state index in [4.69, 9.17) is 14.0 Å². The average Bonchev–Trinajstić information content (AvgIpc) is 1.68. The first-order valence-corrected chi connectivity index (χ1v) is 36.6. The number of benzene rings is 14. The number of fused-ring (bicyclic) bond motifs is 13. The van der Waals surface area contributed by atoms with Crippen LogP contribution >= 0.6 is 0 Å². The molecule has 0 bridgehead atoms. The van der Waals surface area contributed by atoms with Crippen LogP contribution in [0.25, 0.3) is 121 Å². The topological polar surface area (TPSA) is 29.5 Å². The number of para-hydroxylation sites is 4. The minimum Gasteiger partial charge on any atom is -0.452 e. The maximum atomic E-state index is 9.66. The van der Waals surface area contributed by atoms with Crippen LogP contribution in [0.4, 0.5) is 34.1 Å². The van der Waals surface area contributed by atoms with E-state index in [1.807, 2.05) is 72.8 Å². The molecule has 0 atom stereocenters. The minimum atomic E-state index is -0.579. The van der Waals surface area contributed by atoms with Crippen molar-refractivity contribution in [2.24, 2.45) is 0 Å². The summed E-state index contributed by atoms with van der Waals surface area (Å²) in [7, 11) is 0. The second kappa shape index (κ2) is 23.8. The Kier molecular flexibility index (Phi) is 11.7. The molecule has 106 heavy (non-hydrogen) atoms. The number of anilines is 6. The van der Waals surface area contributed by atoms with E-state index in [9.17, 15) is 8.22 Å². The van der Waals surface area contributed by atoms with E-state index in [-0.39, 0.29) is 66.8 Å². The van der Waals surface area contributed by atoms with Gasteiger partial charge in [-0.2, -0.15) is 0 Å². The van der Waals surface area contributed by atoms with Crippen molar-refractivity contribution in [1.82, 2.24) is 9.13 Å². The van der Waals surface area contributed by atoms with E-state index in [1.54, 1.807) is 6.07 Å². The summed E-state index contributed by atoms with van der Waals surface area (Å²) in [4.78, 5) is 4.66. The highest BCUT2D eigenvalue weighted by atomic mass is 16.3. The molecule has 5 nitrogen and oxygen atoms in total. The normalized spacial score (nSPS) is 14.9. The molecule has 17 aromatic rings. The molecule has 0 spiro atoms. The van der Waals surface area contributed by atoms with Crippen LogP contribution < -0.4 is 26.2 Å². The summed E-state index contributed by atoms with van der Waals surface area (Å²) in [5, 5.41) is 3.44. The maximum Gasteiger partial charge on any atom is 0.252 e. The Morgan fingerprint density at radius 2 is 0.745 bits per heavy atom. The molecule has 0 unspecified atom stereocenters. The summed E-state index contributed by atoms with van der Waals surface area (Å²) < 4.78 is 132. The van der Waals surface area contributed by atoms with Gasteiger partial charge in [0.25, 0.3) is 6.71 Å². The van der Waals surface area contributed by atoms with E-state index in [1.165, 1.54) is 15.7 Å². The monoisotopic (exact) mass is 1380 g/mol. The SMILES string of the molecule is [2H]c1c([2H])c([2H])c(-c2ccc3c(c2)N(c2cc(-c4ccccc4)cc(-c4ccccc4)c2)c2cc(-c4cc(C(C)(C)C)cc(C(C)(C)C)c4)cc4c2B3c2ccc(-n3c5ccc(C(C)(C)C)cc5c5cc(C(C)(C)C)ccc53)cc2N4c2cccc3c2oc2c(-n4c5c([2H])c([2H])c([2H])c([2H])c5c5c([2H])c([2H])c([2H])c([2H])c54)cccc23)c([2H])c1[2H]. The van der Waals surface area contributed by atoms with Crippen LogP contribution in [0.1, 0.15) is 123 Å². The van der Waals surface area contributed by atoms with Gasteiger partial charge in [0.2, 0.25) is 0 Å². The molecule has 3 aromatic heterocycles. The first kappa shape index (κ1) is 52.2. The third-order valence-corrected chi connectivity index (χ3v) is 22.0. The first-order chi connectivity index (χ1) is 56.5. The van der Waals surface area contributed by atoms with Crippen molar-refractivity contribution in [2.45, 2.75) is 105 Å². The van der Waals surface area contributed by atoms with Gasteiger partial charge in [0.1, 0.15) is 0 Å². The molecule has 5 heterocycles. The zero-order valence-electron chi connectivity index (χ0n) is 74.6. The predicted octanol–water partition coefficient (Wildman–Crippen LogP) is 25.7. The molecular formula is C100H85BN4O. The predicted molar refractivity (Wildman–Crippen MR) is 453 cm³/mol. The van der Waals surface area contributed by atoms with Crippen molar-refractivity contribution in [2.75, 3.05) is 9.80 Å². The smallest absolute Gasteiger partial charge is 0.252 e. The third kappa shape index (κ3) is 10.5. The highest BCUT2D eigenvalue weighted by Gasteiger charge is 2.45. The molecule has 0 aliphatic carbocycles. The van der Waals surface area contributed by atoms with Crippen LogP contribution in [0.5, 0.6) is 0 Å². The van der Waals surface area contributed by atoms with Crippen LogP contribution in [0.2, 0.25) is 0 Å². The third-order valence-electron chi connectivity index (χ3n) is 22.0. The Balaban J connectivity index is 0.986. The Morgan fingerprint density at radius 1 is 0.274 bits per heavy atom. The van der Waals surface area contributed by atoms with E-state index in [0.717, 1.165) is 117 Å². The Morgan fingerprint density at radius 3 is 1.30 bits per heavy atom. The molecule has 0 N–H and O–H groups in total. The van der Waals surface area contributed by atoms with Crippen molar-refractivity contribution in [1.29, 1.82) is 0 Å². The molecule has 514 valence electrons. The molecule has 6 heteroatoms. The standard InChI is InChI=1S/C100H85BN4O/c1-97(2,3)70-43-48-86-80(59-70)81-60-71(98(4,5)6)44-49-87(81)102(86)74-45-47-83-91(61-74)105(89-41-27-37-79-78-36-26-40-88(95(78)106-96(79)89)104-84-38-24-22-34-76(84)77-35-23-25-39-85(77)104)93-57-69(68-51-72(99(7,8)9)58-73(52-68)100(10,11)12)56-92-94(93)101(83)82-46-42-65(62-28-16-13-17-29-62)55-90(82)103(92)75-53-66(63-30-18-14-19-31-63)50-67(54-75)64-32-20-15-21-33-64/h13-61H,1-12H3/i13D,16D,17D,22D,23D,24D,25D,28D,29D,34D,35D,38D,39D. The van der Waals surface area contributed by atoms with E-state index in [0.29, 0.717) is 33.2 Å². The summed E-state index contributed by atoms with van der Waals surface area (Å²) in [5.41, 5.74) is 21.0. The second-order valence-electron chi connectivity index (χ2n) is 32.8. The Bertz CT molecular complexity index is 7010. The largest absolute Gasteiger partial charge is 0.452 e. The van der Waals surface area contributed by atoms with Crippen LogP contribution in [-0.2, 0) is 21.7 Å². The summed E-state index contributed by atoms with van der Waals surface area (Å²) in [5.74, 6) is 0. The number of hydrogen-bond acceptors (Lipinski definition) is 3. The van der Waals surface area contributed by atoms with Crippen LogP contribution in [0, 0.1) is 0 Å². The van der Waals surface area contributed by atoms with Gasteiger partial charge in [-0.1, -0.05) is 283 Å². The van der Waals surface area contributed by atoms with Gasteiger partial charge in [0.15, 0.2) is 11.2 Å². The Labute approximate surface area is 640 Å². The Hall–Kier alpha value is -11.9. The van der Waals surface area contributed by atoms with Crippen LogP contribution in [-0.4, -0.2) is 15.8 Å². The van der Waals surface area contributed by atoms with Gasteiger partial charge in [-0.05, 0) is 202 Å². The lowest BCUT2D eigenvalue weighted by atomic mass is 9.33. The van der Waals surface area contributed by atoms with Gasteiger partial charge in [-0.3, -0.25) is 0 Å². The second-order valence-corrected chi connectivity index (χ2v) is 32.8. The summed E-state index contributed by atoms with van der Waals surface area (Å²) in [6, 6.07) is 71.2. The number of aromatic nitrogens is 2. The lowest BCUT2D eigenvalue weighted by Crippen LogP contribution is -2.61. The number of rotatable bonds is 8. The van der Waals surface area contributed by atoms with Crippen molar-refractivity contribution >= 4 is 123 Å². The number of hydrogen-bond donors (Lipinski definition) is 0. The fourth-order valence-electron chi connectivity index (χ4n) is 16.4. The van der Waals surface area contributed by atoms with Crippen molar-refractivity contribution in [3.63, 3.8) is 0 Å². The molecule has 0 fully saturated rings. The van der Waals surface area contributed by atoms with Crippen molar-refractivity contribution in [3.8, 4) is 55.9 Å². The van der Waals surface area contributed by atoms with Gasteiger partial charge < -0.3 is 23.4 Å². The summed E-state index contributed by atoms with van der Waals surface area (Å²) in [6.45, 7) is 26.4. The summed E-state index contributed by atoms with van der Waals surface area (Å²) in [6.07, 6.45) is 0. The van der Waals surface area contributed by atoms with Gasteiger partial charge >= 0.3 is 0 Å². The van der Waals surface area contributed by atoms with E-state index < -0.39 is 73.2 Å². The van der Waals surface area contributed by atoms with E-state index in [2.05, 4.69) is 237 Å². The molecule has 2 aliphatic rings. The fraction of sp³-hybridized carbons (Fsp3) is 0.160. The highest BCUT2D eigenvalue weighted by molar-refractivity contribution is 7.00. The van der Waals surface area contributed by atoms with Crippen LogP contribution in [0.15, 0.2) is 301 Å². The summed E-state index contributed by atoms with van der Waals surface area (Å²) >= 11 is 0. The van der Waals surface area contributed by atoms with Gasteiger partial charge in [-0.25, -0.2) is 0 Å². The molecule has 0 saturated heterocycles. The zero-order valence-corrected chi connectivity index (χ0v) is 61.6. The van der Waals surface area contributed by atoms with Gasteiger partial charge in [0, 0.05) is 66.4 Å². The van der Waals surface area contributed by atoms with Gasteiger partial charge in [0.05, 0.1) is 51.3 Å². The highest BCUT2D eigenvalue weighted by Crippen LogP contribution is 2.52. The zero-order chi connectivity index (χ0) is 83.8. The lowest BCUT2D eigenvalue weighted by molar-refractivity contribution is 0.569. The van der Waals surface area contributed by atoms with Crippen molar-refractivity contribution < 1.29 is 22.2 Å². The maximum absolute atomic E-state index is 9.66. The molecule has 0 amide bonds. The quantitative estimate of drug-likeness (QED) is 0.142. The minimum absolute atomic E-state index is 0.0342. The van der Waals surface area contributed by atoms with E-state index >= 15 is 0 Å².